The number of rotatable bonds is 1. The Hall–Kier alpha value is -2.13. The SMILES string of the molecule is C[C@]1(C#N)CC[C@H]2[C@@H](C=CC3=CC(=O)C=C[C@@]32C)[C@@H]1CC#N. The quantitative estimate of drug-likeness (QED) is 0.740. The molecule has 112 valence electrons. The lowest BCUT2D eigenvalue weighted by molar-refractivity contribution is -0.110. The monoisotopic (exact) mass is 292 g/mol. The maximum Gasteiger partial charge on any atom is 0.178 e. The van der Waals surface area contributed by atoms with Crippen molar-refractivity contribution in [2.45, 2.75) is 33.1 Å². The van der Waals surface area contributed by atoms with E-state index in [1.165, 1.54) is 0 Å². The molecule has 22 heavy (non-hydrogen) atoms. The van der Waals surface area contributed by atoms with Gasteiger partial charge in [0.1, 0.15) is 0 Å². The Balaban J connectivity index is 2.06. The van der Waals surface area contributed by atoms with Crippen LogP contribution in [0.5, 0.6) is 0 Å². The van der Waals surface area contributed by atoms with Crippen LogP contribution in [0.25, 0.3) is 0 Å². The molecule has 0 amide bonds. The van der Waals surface area contributed by atoms with Gasteiger partial charge in [-0.15, -0.1) is 0 Å². The minimum atomic E-state index is -0.437. The molecule has 0 bridgehead atoms. The zero-order valence-electron chi connectivity index (χ0n) is 13.0. The molecule has 3 rings (SSSR count). The van der Waals surface area contributed by atoms with Crippen molar-refractivity contribution >= 4 is 5.78 Å². The molecule has 0 unspecified atom stereocenters. The fraction of sp³-hybridized carbons (Fsp3) is 0.526. The third kappa shape index (κ3) is 1.97. The Kier molecular flexibility index (Phi) is 3.33. The first-order valence-corrected chi connectivity index (χ1v) is 7.86. The lowest BCUT2D eigenvalue weighted by atomic mass is 9.49. The van der Waals surface area contributed by atoms with Crippen LogP contribution in [0, 0.1) is 51.2 Å². The zero-order valence-corrected chi connectivity index (χ0v) is 13.0. The largest absolute Gasteiger partial charge is 0.290 e. The first-order valence-electron chi connectivity index (χ1n) is 7.86. The molecule has 0 spiro atoms. The zero-order chi connectivity index (χ0) is 16.0. The average molecular weight is 292 g/mol. The molecule has 0 heterocycles. The summed E-state index contributed by atoms with van der Waals surface area (Å²) in [4.78, 5) is 11.7. The number of hydrogen-bond donors (Lipinski definition) is 0. The van der Waals surface area contributed by atoms with E-state index >= 15 is 0 Å². The molecule has 0 aromatic rings. The van der Waals surface area contributed by atoms with Gasteiger partial charge in [0.25, 0.3) is 0 Å². The normalized spacial score (nSPS) is 42.6. The molecule has 0 aromatic heterocycles. The fourth-order valence-corrected chi connectivity index (χ4v) is 4.59. The van der Waals surface area contributed by atoms with Crippen molar-refractivity contribution in [1.29, 1.82) is 10.5 Å². The summed E-state index contributed by atoms with van der Waals surface area (Å²) in [6.45, 7) is 4.18. The summed E-state index contributed by atoms with van der Waals surface area (Å²) in [6.07, 6.45) is 11.8. The van der Waals surface area contributed by atoms with E-state index in [0.717, 1.165) is 18.4 Å². The van der Waals surface area contributed by atoms with Crippen molar-refractivity contribution < 1.29 is 4.79 Å². The van der Waals surface area contributed by atoms with Crippen LogP contribution in [-0.4, -0.2) is 5.78 Å². The second kappa shape index (κ2) is 4.96. The number of nitriles is 2. The van der Waals surface area contributed by atoms with Gasteiger partial charge in [0.2, 0.25) is 0 Å². The van der Waals surface area contributed by atoms with Gasteiger partial charge in [0.05, 0.1) is 17.6 Å². The van der Waals surface area contributed by atoms with E-state index in [4.69, 9.17) is 0 Å². The Bertz CT molecular complexity index is 687. The summed E-state index contributed by atoms with van der Waals surface area (Å²) in [5.74, 6) is 0.676. The Morgan fingerprint density at radius 2 is 2.09 bits per heavy atom. The second-order valence-corrected chi connectivity index (χ2v) is 7.20. The first-order chi connectivity index (χ1) is 10.4. The lowest BCUT2D eigenvalue weighted by Crippen LogP contribution is -2.47. The van der Waals surface area contributed by atoms with Gasteiger partial charge in [0.15, 0.2) is 5.78 Å². The van der Waals surface area contributed by atoms with E-state index in [9.17, 15) is 15.3 Å². The van der Waals surface area contributed by atoms with Gasteiger partial charge in [-0.05, 0) is 55.2 Å². The number of carbonyl (C=O) groups excluding carboxylic acids is 1. The number of nitrogens with zero attached hydrogens (tertiary/aromatic N) is 2. The van der Waals surface area contributed by atoms with Crippen LogP contribution in [0.2, 0.25) is 0 Å². The molecule has 0 radical (unpaired) electrons. The van der Waals surface area contributed by atoms with Crippen LogP contribution in [-0.2, 0) is 4.79 Å². The van der Waals surface area contributed by atoms with Crippen LogP contribution in [0.4, 0.5) is 0 Å². The molecule has 0 aliphatic heterocycles. The molecule has 0 N–H and O–H groups in total. The molecule has 0 saturated heterocycles. The predicted octanol–water partition coefficient (Wildman–Crippen LogP) is 3.71. The van der Waals surface area contributed by atoms with Crippen LogP contribution < -0.4 is 0 Å². The number of allylic oxidation sites excluding steroid dienone is 6. The van der Waals surface area contributed by atoms with Crippen molar-refractivity contribution in [3.05, 3.63) is 36.0 Å². The van der Waals surface area contributed by atoms with Gasteiger partial charge < -0.3 is 0 Å². The Morgan fingerprint density at radius 1 is 1.32 bits per heavy atom. The summed E-state index contributed by atoms with van der Waals surface area (Å²) in [5, 5.41) is 18.8. The summed E-state index contributed by atoms with van der Waals surface area (Å²) >= 11 is 0. The summed E-state index contributed by atoms with van der Waals surface area (Å²) in [5.41, 5.74) is 0.475. The first kappa shape index (κ1) is 14.8. The van der Waals surface area contributed by atoms with E-state index in [-0.39, 0.29) is 23.0 Å². The van der Waals surface area contributed by atoms with Gasteiger partial charge in [-0.2, -0.15) is 10.5 Å². The standard InChI is InChI=1S/C19H20N2O/c1-18(12-21)8-6-17-15(16(18)7-10-20)4-3-13-11-14(22)5-9-19(13,17)2/h3-5,9,11,15-17H,6-8H2,1-2H3/t15-,16-,17-,18+,19-/m0/s1. The van der Waals surface area contributed by atoms with Crippen LogP contribution in [0.1, 0.15) is 33.1 Å². The van der Waals surface area contributed by atoms with Gasteiger partial charge in [-0.1, -0.05) is 25.2 Å². The molecule has 3 aliphatic rings. The van der Waals surface area contributed by atoms with E-state index < -0.39 is 5.41 Å². The van der Waals surface area contributed by atoms with Crippen molar-refractivity contribution in [3.63, 3.8) is 0 Å². The van der Waals surface area contributed by atoms with Gasteiger partial charge in [0, 0.05) is 11.8 Å². The average Bonchev–Trinajstić information content (AvgIpc) is 2.51. The smallest absolute Gasteiger partial charge is 0.178 e. The highest BCUT2D eigenvalue weighted by Crippen LogP contribution is 2.58. The number of fused-ring (bicyclic) bond motifs is 3. The van der Waals surface area contributed by atoms with Crippen molar-refractivity contribution in [3.8, 4) is 12.1 Å². The van der Waals surface area contributed by atoms with Gasteiger partial charge in [-0.3, -0.25) is 4.79 Å². The molecule has 0 aromatic carbocycles. The lowest BCUT2D eigenvalue weighted by Gasteiger charge is -2.53. The Morgan fingerprint density at radius 3 is 2.77 bits per heavy atom. The molecular weight excluding hydrogens is 272 g/mol. The van der Waals surface area contributed by atoms with E-state index in [1.54, 1.807) is 12.2 Å². The molecule has 5 atom stereocenters. The second-order valence-electron chi connectivity index (χ2n) is 7.20. The molecular formula is C19H20N2O. The number of ketones is 1. The molecule has 3 nitrogen and oxygen atoms in total. The van der Waals surface area contributed by atoms with Crippen molar-refractivity contribution in [2.24, 2.45) is 28.6 Å². The number of carbonyl (C=O) groups is 1. The molecule has 3 aliphatic carbocycles. The van der Waals surface area contributed by atoms with Gasteiger partial charge in [-0.25, -0.2) is 0 Å². The fourth-order valence-electron chi connectivity index (χ4n) is 4.59. The third-order valence-corrected chi connectivity index (χ3v) is 6.07. The minimum Gasteiger partial charge on any atom is -0.290 e. The molecule has 1 fully saturated rings. The Labute approximate surface area is 131 Å². The molecule has 3 heteroatoms. The maximum absolute atomic E-state index is 11.7. The van der Waals surface area contributed by atoms with E-state index in [1.807, 2.05) is 19.1 Å². The predicted molar refractivity (Wildman–Crippen MR) is 83.1 cm³/mol. The highest BCUT2D eigenvalue weighted by atomic mass is 16.1. The van der Waals surface area contributed by atoms with Crippen LogP contribution in [0.15, 0.2) is 36.0 Å². The van der Waals surface area contributed by atoms with Crippen LogP contribution >= 0.6 is 0 Å². The van der Waals surface area contributed by atoms with Crippen molar-refractivity contribution in [2.75, 3.05) is 0 Å². The topological polar surface area (TPSA) is 64.7 Å². The van der Waals surface area contributed by atoms with Crippen LogP contribution in [0.3, 0.4) is 0 Å². The minimum absolute atomic E-state index is 0.0434. The highest BCUT2D eigenvalue weighted by molar-refractivity contribution is 6.01. The summed E-state index contributed by atoms with van der Waals surface area (Å²) in [7, 11) is 0. The third-order valence-electron chi connectivity index (χ3n) is 6.07. The summed E-state index contributed by atoms with van der Waals surface area (Å²) in [6, 6.07) is 4.75. The van der Waals surface area contributed by atoms with E-state index in [2.05, 4.69) is 25.1 Å². The maximum atomic E-state index is 11.7. The van der Waals surface area contributed by atoms with E-state index in [0.29, 0.717) is 12.3 Å². The highest BCUT2D eigenvalue weighted by Gasteiger charge is 2.53. The number of hydrogen-bond acceptors (Lipinski definition) is 3. The van der Waals surface area contributed by atoms with Crippen molar-refractivity contribution in [1.82, 2.24) is 0 Å². The molecule has 1 saturated carbocycles. The summed E-state index contributed by atoms with van der Waals surface area (Å²) < 4.78 is 0. The van der Waals surface area contributed by atoms with Gasteiger partial charge >= 0.3 is 0 Å².